The van der Waals surface area contributed by atoms with E-state index >= 15 is 0 Å². The summed E-state index contributed by atoms with van der Waals surface area (Å²) < 4.78 is 43.6. The first kappa shape index (κ1) is 16.9. The van der Waals surface area contributed by atoms with E-state index in [1.54, 1.807) is 0 Å². The highest BCUT2D eigenvalue weighted by molar-refractivity contribution is 7.89. The van der Waals surface area contributed by atoms with E-state index < -0.39 is 50.0 Å². The van der Waals surface area contributed by atoms with Crippen LogP contribution >= 0.6 is 0 Å². The van der Waals surface area contributed by atoms with E-state index in [0.29, 0.717) is 0 Å². The molecule has 1 atom stereocenters. The molecule has 0 aromatic heterocycles. The lowest BCUT2D eigenvalue weighted by Gasteiger charge is -2.12. The van der Waals surface area contributed by atoms with Crippen molar-refractivity contribution in [1.29, 1.82) is 0 Å². The Morgan fingerprint density at radius 1 is 1.57 bits per heavy atom. The number of para-hydroxylation sites is 1. The zero-order valence-electron chi connectivity index (χ0n) is 10.6. The lowest BCUT2D eigenvalue weighted by molar-refractivity contribution is -0.390. The number of aliphatic carboxylic acids is 1. The van der Waals surface area contributed by atoms with Gasteiger partial charge in [-0.05, 0) is 12.1 Å². The highest BCUT2D eigenvalue weighted by Gasteiger charge is 2.30. The fourth-order valence-electron chi connectivity index (χ4n) is 1.42. The number of nitrogens with zero attached hydrogens (tertiary/aromatic N) is 1. The van der Waals surface area contributed by atoms with Crippen molar-refractivity contribution < 1.29 is 32.4 Å². The molecule has 9 nitrogen and oxygen atoms in total. The summed E-state index contributed by atoms with van der Waals surface area (Å²) in [6.45, 7) is -0.665. The second-order valence-electron chi connectivity index (χ2n) is 3.76. The number of methoxy groups -OCH3 is 1. The maximum Gasteiger partial charge on any atom is 0.334 e. The standard InChI is InChI=1S/C10H11FN2O7S/c1-20-7(10(14)15)5-12-21(18,19)8-4-2-3-6(11)9(8)13(16)17/h2-4,7,12H,5H2,1H3,(H,14,15). The Kier molecular flexibility index (Phi) is 5.29. The van der Waals surface area contributed by atoms with Crippen LogP contribution in [0.2, 0.25) is 0 Å². The number of hydrogen-bond acceptors (Lipinski definition) is 6. The van der Waals surface area contributed by atoms with Crippen molar-refractivity contribution >= 4 is 21.7 Å². The Morgan fingerprint density at radius 3 is 2.67 bits per heavy atom. The topological polar surface area (TPSA) is 136 Å². The molecule has 21 heavy (non-hydrogen) atoms. The zero-order valence-corrected chi connectivity index (χ0v) is 11.5. The van der Waals surface area contributed by atoms with Crippen LogP contribution < -0.4 is 4.72 Å². The lowest BCUT2D eigenvalue weighted by Crippen LogP contribution is -2.38. The third kappa shape index (κ3) is 3.93. The number of carboxylic acids is 1. The Bertz CT molecular complexity index is 661. The first-order chi connectivity index (χ1) is 9.70. The Hall–Kier alpha value is -2.11. The molecule has 0 radical (unpaired) electrons. The molecule has 0 saturated heterocycles. The molecule has 1 unspecified atom stereocenters. The van der Waals surface area contributed by atoms with E-state index in [9.17, 15) is 27.7 Å². The molecule has 0 aliphatic rings. The van der Waals surface area contributed by atoms with Crippen LogP contribution in [0.3, 0.4) is 0 Å². The molecule has 0 fully saturated rings. The van der Waals surface area contributed by atoms with Crippen molar-refractivity contribution in [2.24, 2.45) is 0 Å². The van der Waals surface area contributed by atoms with Crippen LogP contribution in [-0.4, -0.2) is 44.2 Å². The highest BCUT2D eigenvalue weighted by atomic mass is 32.2. The largest absolute Gasteiger partial charge is 0.479 e. The van der Waals surface area contributed by atoms with Gasteiger partial charge >= 0.3 is 11.7 Å². The quantitative estimate of drug-likeness (QED) is 0.537. The summed E-state index contributed by atoms with van der Waals surface area (Å²) >= 11 is 0. The number of rotatable bonds is 7. The van der Waals surface area contributed by atoms with Gasteiger partial charge in [-0.3, -0.25) is 10.1 Å². The molecule has 1 aromatic rings. The number of sulfonamides is 1. The van der Waals surface area contributed by atoms with Gasteiger partial charge in [-0.1, -0.05) is 6.07 Å². The second kappa shape index (κ2) is 6.56. The third-order valence-electron chi connectivity index (χ3n) is 2.44. The number of benzene rings is 1. The van der Waals surface area contributed by atoms with Crippen LogP contribution in [0.4, 0.5) is 10.1 Å². The Labute approximate surface area is 118 Å². The molecule has 0 amide bonds. The molecule has 116 valence electrons. The van der Waals surface area contributed by atoms with Gasteiger partial charge in [-0.15, -0.1) is 0 Å². The molecule has 0 spiro atoms. The number of carbonyl (C=O) groups is 1. The van der Waals surface area contributed by atoms with Gasteiger partial charge in [0.25, 0.3) is 0 Å². The molecule has 0 aliphatic carbocycles. The van der Waals surface area contributed by atoms with Crippen molar-refractivity contribution in [3.8, 4) is 0 Å². The van der Waals surface area contributed by atoms with Crippen molar-refractivity contribution in [2.45, 2.75) is 11.0 Å². The van der Waals surface area contributed by atoms with Crippen LogP contribution in [0.15, 0.2) is 23.1 Å². The molecule has 0 aliphatic heterocycles. The molecule has 0 saturated carbocycles. The number of hydrogen-bond donors (Lipinski definition) is 2. The van der Waals surface area contributed by atoms with Gasteiger partial charge in [0.15, 0.2) is 11.0 Å². The van der Waals surface area contributed by atoms with Crippen molar-refractivity contribution in [3.63, 3.8) is 0 Å². The average Bonchev–Trinajstić information content (AvgIpc) is 2.38. The Morgan fingerprint density at radius 2 is 2.19 bits per heavy atom. The summed E-state index contributed by atoms with van der Waals surface area (Å²) in [5.41, 5.74) is -1.21. The summed E-state index contributed by atoms with van der Waals surface area (Å²) in [6.07, 6.45) is -1.48. The van der Waals surface area contributed by atoms with E-state index in [0.717, 1.165) is 25.3 Å². The molecular weight excluding hydrogens is 311 g/mol. The van der Waals surface area contributed by atoms with Gasteiger partial charge in [-0.2, -0.15) is 4.39 Å². The maximum atomic E-state index is 13.4. The number of nitro benzene ring substituents is 1. The van der Waals surface area contributed by atoms with Gasteiger partial charge in [0, 0.05) is 13.7 Å². The van der Waals surface area contributed by atoms with E-state index in [2.05, 4.69) is 4.74 Å². The zero-order chi connectivity index (χ0) is 16.2. The number of nitro groups is 1. The summed E-state index contributed by atoms with van der Waals surface area (Å²) in [7, 11) is -3.42. The van der Waals surface area contributed by atoms with Crippen LogP contribution in [0, 0.1) is 15.9 Å². The SMILES string of the molecule is COC(CNS(=O)(=O)c1cccc(F)c1[N+](=O)[O-])C(=O)O. The molecule has 0 heterocycles. The number of ether oxygens (including phenoxy) is 1. The smallest absolute Gasteiger partial charge is 0.334 e. The summed E-state index contributed by atoms with van der Waals surface area (Å²) in [4.78, 5) is 19.4. The first-order valence-electron chi connectivity index (χ1n) is 5.39. The third-order valence-corrected chi connectivity index (χ3v) is 3.90. The van der Waals surface area contributed by atoms with Gasteiger partial charge in [0.2, 0.25) is 15.8 Å². The van der Waals surface area contributed by atoms with Crippen molar-refractivity contribution in [3.05, 3.63) is 34.1 Å². The fraction of sp³-hybridized carbons (Fsp3) is 0.300. The summed E-state index contributed by atoms with van der Waals surface area (Å²) in [5, 5.41) is 19.4. The van der Waals surface area contributed by atoms with E-state index in [1.165, 1.54) is 0 Å². The van der Waals surface area contributed by atoms with Crippen LogP contribution in [0.25, 0.3) is 0 Å². The highest BCUT2D eigenvalue weighted by Crippen LogP contribution is 2.26. The van der Waals surface area contributed by atoms with Gasteiger partial charge in [0.1, 0.15) is 0 Å². The lowest BCUT2D eigenvalue weighted by atomic mass is 10.3. The molecule has 0 bridgehead atoms. The monoisotopic (exact) mass is 322 g/mol. The van der Waals surface area contributed by atoms with Crippen molar-refractivity contribution in [1.82, 2.24) is 4.72 Å². The average molecular weight is 322 g/mol. The second-order valence-corrected chi connectivity index (χ2v) is 5.49. The molecule has 2 N–H and O–H groups in total. The molecule has 11 heteroatoms. The number of nitrogens with one attached hydrogen (secondary N) is 1. The van der Waals surface area contributed by atoms with E-state index in [4.69, 9.17) is 5.11 Å². The minimum absolute atomic E-state index is 0.665. The van der Waals surface area contributed by atoms with Gasteiger partial charge in [0.05, 0.1) is 4.92 Å². The summed E-state index contributed by atoms with van der Waals surface area (Å²) in [6, 6.07) is 2.57. The number of carboxylic acid groups (broad SMARTS) is 1. The van der Waals surface area contributed by atoms with Gasteiger partial charge in [-0.25, -0.2) is 17.9 Å². The fourth-order valence-corrected chi connectivity index (χ4v) is 2.63. The molecule has 1 aromatic carbocycles. The van der Waals surface area contributed by atoms with E-state index in [-0.39, 0.29) is 0 Å². The summed E-state index contributed by atoms with van der Waals surface area (Å²) in [5.74, 6) is -2.74. The van der Waals surface area contributed by atoms with Gasteiger partial charge < -0.3 is 9.84 Å². The van der Waals surface area contributed by atoms with Crippen LogP contribution in [0.1, 0.15) is 0 Å². The Balaban J connectivity index is 3.12. The maximum absolute atomic E-state index is 13.4. The predicted molar refractivity (Wildman–Crippen MR) is 66.7 cm³/mol. The van der Waals surface area contributed by atoms with E-state index in [1.807, 2.05) is 4.72 Å². The van der Waals surface area contributed by atoms with Crippen molar-refractivity contribution in [2.75, 3.05) is 13.7 Å². The minimum Gasteiger partial charge on any atom is -0.479 e. The van der Waals surface area contributed by atoms with Crippen LogP contribution in [-0.2, 0) is 19.6 Å². The predicted octanol–water partition coefficient (Wildman–Crippen LogP) is 0.112. The first-order valence-corrected chi connectivity index (χ1v) is 6.87. The number of halogens is 1. The van der Waals surface area contributed by atoms with Crippen LogP contribution in [0.5, 0.6) is 0 Å². The molecule has 1 rings (SSSR count). The normalized spacial score (nSPS) is 12.9. The molecular formula is C10H11FN2O7S. The minimum atomic E-state index is -4.47.